The van der Waals surface area contributed by atoms with E-state index >= 15 is 0 Å². The molecule has 1 atom stereocenters. The number of nitrogens with one attached hydrogen (secondary N) is 3. The van der Waals surface area contributed by atoms with Gasteiger partial charge in [0.15, 0.2) is 13.2 Å². The fourth-order valence-corrected chi connectivity index (χ4v) is 6.68. The maximum Gasteiger partial charge on any atom is 0.343 e. The molecule has 2 amide bonds. The van der Waals surface area contributed by atoms with Gasteiger partial charge in [-0.25, -0.2) is 14.6 Å². The van der Waals surface area contributed by atoms with Crippen LogP contribution in [0.2, 0.25) is 0 Å². The van der Waals surface area contributed by atoms with Gasteiger partial charge in [0, 0.05) is 53.8 Å². The van der Waals surface area contributed by atoms with Gasteiger partial charge in [-0.2, -0.15) is 0 Å². The minimum Gasteiger partial charge on any atom is -0.484 e. The summed E-state index contributed by atoms with van der Waals surface area (Å²) in [5.74, 6) is -0.0172. The molecule has 2 aromatic heterocycles. The second-order valence-electron chi connectivity index (χ2n) is 12.9. The second kappa shape index (κ2) is 17.1. The third-order valence-corrected chi connectivity index (χ3v) is 9.38. The van der Waals surface area contributed by atoms with Crippen LogP contribution in [0.4, 0.5) is 0 Å². The number of rotatable bonds is 15. The molecule has 5 aromatic rings. The SMILES string of the molecule is COC(=O)COc1ccc2[nH]cc(CC(NC(=O)c3ccc4c(c3)nc(-c3ccc(OCC(=O)NCCN)cc3)n4C3CCCCC3)C(=O)OC)c2c1. The van der Waals surface area contributed by atoms with E-state index in [1.165, 1.54) is 20.6 Å². The summed E-state index contributed by atoms with van der Waals surface area (Å²) < 4.78 is 23.2. The number of hydrogen-bond acceptors (Lipinski definition) is 10. The summed E-state index contributed by atoms with van der Waals surface area (Å²) in [6, 6.07) is 17.4. The second-order valence-corrected chi connectivity index (χ2v) is 12.9. The molecule has 0 bridgehead atoms. The van der Waals surface area contributed by atoms with Crippen molar-refractivity contribution in [3.05, 3.63) is 78.0 Å². The van der Waals surface area contributed by atoms with Gasteiger partial charge in [-0.1, -0.05) is 19.3 Å². The van der Waals surface area contributed by atoms with Crippen LogP contribution in [0.1, 0.15) is 54.1 Å². The number of nitrogens with two attached hydrogens (primary N) is 1. The van der Waals surface area contributed by atoms with Crippen LogP contribution >= 0.6 is 0 Å². The van der Waals surface area contributed by atoms with Crippen molar-refractivity contribution in [1.82, 2.24) is 25.2 Å². The Hall–Kier alpha value is -5.89. The van der Waals surface area contributed by atoms with Gasteiger partial charge in [0.25, 0.3) is 11.8 Å². The van der Waals surface area contributed by atoms with Crippen molar-refractivity contribution in [3.8, 4) is 22.9 Å². The monoisotopic (exact) mass is 724 g/mol. The third kappa shape index (κ3) is 8.78. The predicted octanol–water partition coefficient (Wildman–Crippen LogP) is 4.21. The van der Waals surface area contributed by atoms with Crippen LogP contribution in [0.5, 0.6) is 11.5 Å². The average molecular weight is 725 g/mol. The van der Waals surface area contributed by atoms with Crippen LogP contribution in [-0.2, 0) is 30.3 Å². The van der Waals surface area contributed by atoms with Gasteiger partial charge in [0.05, 0.1) is 25.3 Å². The number of amides is 2. The van der Waals surface area contributed by atoms with Gasteiger partial charge in [0.1, 0.15) is 23.4 Å². The van der Waals surface area contributed by atoms with E-state index in [-0.39, 0.29) is 31.6 Å². The smallest absolute Gasteiger partial charge is 0.343 e. The molecule has 0 radical (unpaired) electrons. The summed E-state index contributed by atoms with van der Waals surface area (Å²) in [5, 5.41) is 6.32. The Bertz CT molecular complexity index is 2080. The van der Waals surface area contributed by atoms with E-state index in [1.807, 2.05) is 30.3 Å². The zero-order valence-corrected chi connectivity index (χ0v) is 29.8. The first-order valence-corrected chi connectivity index (χ1v) is 17.7. The predicted molar refractivity (Wildman–Crippen MR) is 198 cm³/mol. The van der Waals surface area contributed by atoms with Crippen molar-refractivity contribution >= 4 is 45.7 Å². The minimum atomic E-state index is -0.996. The summed E-state index contributed by atoms with van der Waals surface area (Å²) in [4.78, 5) is 58.5. The first-order valence-electron chi connectivity index (χ1n) is 17.7. The molecule has 0 aliphatic heterocycles. The lowest BCUT2D eigenvalue weighted by Gasteiger charge is -2.25. The Morgan fingerprint density at radius 1 is 0.925 bits per heavy atom. The number of aromatic nitrogens is 3. The highest BCUT2D eigenvalue weighted by molar-refractivity contribution is 6.00. The lowest BCUT2D eigenvalue weighted by atomic mass is 9.94. The number of benzene rings is 3. The van der Waals surface area contributed by atoms with Gasteiger partial charge in [-0.15, -0.1) is 0 Å². The Balaban J connectivity index is 1.23. The number of H-pyrrole nitrogens is 1. The number of ether oxygens (including phenoxy) is 4. The topological polar surface area (TPSA) is 189 Å². The molecule has 1 unspecified atom stereocenters. The molecule has 0 spiro atoms. The zero-order valence-electron chi connectivity index (χ0n) is 29.8. The van der Waals surface area contributed by atoms with Crippen molar-refractivity contribution in [2.75, 3.05) is 40.5 Å². The van der Waals surface area contributed by atoms with Crippen LogP contribution in [0.15, 0.2) is 66.9 Å². The molecule has 14 nitrogen and oxygen atoms in total. The number of carbonyl (C=O) groups is 4. The quantitative estimate of drug-likeness (QED) is 0.114. The van der Waals surface area contributed by atoms with E-state index in [4.69, 9.17) is 24.9 Å². The van der Waals surface area contributed by atoms with Gasteiger partial charge >= 0.3 is 11.9 Å². The number of nitrogens with zero attached hydrogens (tertiary/aromatic N) is 2. The number of imidazole rings is 1. The van der Waals surface area contributed by atoms with E-state index in [1.54, 1.807) is 36.5 Å². The largest absolute Gasteiger partial charge is 0.484 e. The van der Waals surface area contributed by atoms with Crippen LogP contribution in [0.25, 0.3) is 33.3 Å². The third-order valence-electron chi connectivity index (χ3n) is 9.38. The minimum absolute atomic E-state index is 0.113. The van der Waals surface area contributed by atoms with E-state index in [0.717, 1.165) is 59.1 Å². The molecule has 53 heavy (non-hydrogen) atoms. The molecule has 1 saturated carbocycles. The number of aromatic amines is 1. The van der Waals surface area contributed by atoms with Gasteiger partial charge in [-0.05, 0) is 79.1 Å². The van der Waals surface area contributed by atoms with Crippen molar-refractivity contribution < 1.29 is 38.1 Å². The Labute approximate surface area is 306 Å². The first kappa shape index (κ1) is 36.9. The number of hydrogen-bond donors (Lipinski definition) is 4. The maximum atomic E-state index is 13.7. The Morgan fingerprint density at radius 3 is 2.42 bits per heavy atom. The molecular formula is C39H44N6O8. The molecule has 5 N–H and O–H groups in total. The van der Waals surface area contributed by atoms with Gasteiger partial charge in [-0.3, -0.25) is 9.59 Å². The van der Waals surface area contributed by atoms with Gasteiger partial charge < -0.3 is 44.9 Å². The molecular weight excluding hydrogens is 680 g/mol. The summed E-state index contributed by atoms with van der Waals surface area (Å²) in [6.45, 7) is 0.385. The summed E-state index contributed by atoms with van der Waals surface area (Å²) in [5.41, 5.74) is 9.78. The van der Waals surface area contributed by atoms with E-state index in [2.05, 4.69) is 24.9 Å². The standard InChI is InChI=1S/C39H44N6O8/c1-50-36(47)23-53-29-13-14-31-30(20-29)26(21-42-31)19-33(39(49)51-2)44-38(48)25-10-15-34-32(18-25)43-37(45(34)27-6-4-3-5-7-27)24-8-11-28(12-9-24)52-22-35(46)41-17-16-40/h8-15,18,20-21,27,33,42H,3-7,16-17,19,22-23,40H2,1-2H3,(H,41,46)(H,44,48). The van der Waals surface area contributed by atoms with Crippen LogP contribution in [0.3, 0.4) is 0 Å². The normalized spacial score (nSPS) is 13.7. The lowest BCUT2D eigenvalue weighted by Crippen LogP contribution is -2.43. The lowest BCUT2D eigenvalue weighted by molar-refractivity contribution is -0.143. The van der Waals surface area contributed by atoms with Crippen molar-refractivity contribution in [2.24, 2.45) is 5.73 Å². The first-order chi connectivity index (χ1) is 25.8. The molecule has 1 aliphatic rings. The molecule has 6 rings (SSSR count). The number of esters is 2. The van der Waals surface area contributed by atoms with Crippen molar-refractivity contribution in [3.63, 3.8) is 0 Å². The van der Waals surface area contributed by atoms with E-state index in [9.17, 15) is 19.2 Å². The van der Waals surface area contributed by atoms with Crippen LogP contribution < -0.4 is 25.8 Å². The highest BCUT2D eigenvalue weighted by Gasteiger charge is 2.26. The fourth-order valence-electron chi connectivity index (χ4n) is 6.68. The zero-order chi connectivity index (χ0) is 37.3. The number of fused-ring (bicyclic) bond motifs is 2. The molecule has 3 aromatic carbocycles. The number of methoxy groups -OCH3 is 2. The van der Waals surface area contributed by atoms with Crippen LogP contribution in [-0.4, -0.2) is 84.9 Å². The van der Waals surface area contributed by atoms with Crippen molar-refractivity contribution in [1.29, 1.82) is 0 Å². The fraction of sp³-hybridized carbons (Fsp3) is 0.359. The molecule has 14 heteroatoms. The number of carbonyl (C=O) groups excluding carboxylic acids is 4. The molecule has 0 saturated heterocycles. The Morgan fingerprint density at radius 2 is 1.68 bits per heavy atom. The van der Waals surface area contributed by atoms with Gasteiger partial charge in [0.2, 0.25) is 0 Å². The highest BCUT2D eigenvalue weighted by Crippen LogP contribution is 2.36. The summed E-state index contributed by atoms with van der Waals surface area (Å²) >= 11 is 0. The summed E-state index contributed by atoms with van der Waals surface area (Å²) in [6.07, 6.45) is 7.38. The van der Waals surface area contributed by atoms with Crippen LogP contribution in [0, 0.1) is 0 Å². The van der Waals surface area contributed by atoms with E-state index < -0.39 is 23.9 Å². The highest BCUT2D eigenvalue weighted by atomic mass is 16.6. The van der Waals surface area contributed by atoms with E-state index in [0.29, 0.717) is 35.7 Å². The Kier molecular flexibility index (Phi) is 11.9. The molecule has 1 fully saturated rings. The summed E-state index contributed by atoms with van der Waals surface area (Å²) in [7, 11) is 2.56. The molecule has 2 heterocycles. The molecule has 1 aliphatic carbocycles. The average Bonchev–Trinajstić information content (AvgIpc) is 3.78. The maximum absolute atomic E-state index is 13.7. The molecule has 278 valence electrons. The van der Waals surface area contributed by atoms with Crippen molar-refractivity contribution in [2.45, 2.75) is 50.6 Å².